The van der Waals surface area contributed by atoms with Crippen LogP contribution in [0.15, 0.2) is 53.6 Å². The molecular formula is C22H23N5O6. The van der Waals surface area contributed by atoms with Crippen molar-refractivity contribution < 1.29 is 19.4 Å². The molecule has 2 aromatic carbocycles. The van der Waals surface area contributed by atoms with Gasteiger partial charge in [0.05, 0.1) is 21.6 Å². The Kier molecular flexibility index (Phi) is 6.80. The number of non-ortho nitro benzene ring substituents is 2. The number of hydrogen-bond acceptors (Lipinski definition) is 7. The highest BCUT2D eigenvalue weighted by molar-refractivity contribution is 6.03. The summed E-state index contributed by atoms with van der Waals surface area (Å²) in [5, 5.41) is 27.9. The maximum absolute atomic E-state index is 13.1. The third kappa shape index (κ3) is 5.20. The Morgan fingerprint density at radius 3 is 2.30 bits per heavy atom. The first-order chi connectivity index (χ1) is 15.6. The fourth-order valence-electron chi connectivity index (χ4n) is 3.59. The molecule has 11 heteroatoms. The number of nitro groups is 2. The largest absolute Gasteiger partial charge is 0.336 e. The minimum Gasteiger partial charge on any atom is -0.336 e. The summed E-state index contributed by atoms with van der Waals surface area (Å²) in [4.78, 5) is 47.8. The number of likely N-dealkylation sites (N-methyl/N-ethyl adjacent to an activating group) is 1. The van der Waals surface area contributed by atoms with Crippen LogP contribution in [0.25, 0.3) is 0 Å². The molecular weight excluding hydrogens is 430 g/mol. The van der Waals surface area contributed by atoms with Crippen LogP contribution in [0, 0.1) is 26.1 Å². The molecule has 0 radical (unpaired) electrons. The number of carbonyl (C=O) groups excluding carboxylic acids is 2. The summed E-state index contributed by atoms with van der Waals surface area (Å²) in [5.41, 5.74) is 1.44. The van der Waals surface area contributed by atoms with E-state index in [1.807, 2.05) is 0 Å². The maximum Gasteiger partial charge on any atom is 0.269 e. The highest BCUT2D eigenvalue weighted by Crippen LogP contribution is 2.34. The molecule has 172 valence electrons. The lowest BCUT2D eigenvalue weighted by atomic mass is 9.98. The summed E-state index contributed by atoms with van der Waals surface area (Å²) in [5.74, 6) is -0.929. The second-order valence-corrected chi connectivity index (χ2v) is 8.01. The van der Waals surface area contributed by atoms with Gasteiger partial charge in [-0.25, -0.2) is 5.01 Å². The molecule has 0 aliphatic carbocycles. The molecule has 0 spiro atoms. The van der Waals surface area contributed by atoms with E-state index in [0.717, 1.165) is 0 Å². The molecule has 0 unspecified atom stereocenters. The first-order valence-corrected chi connectivity index (χ1v) is 10.2. The van der Waals surface area contributed by atoms with E-state index >= 15 is 0 Å². The van der Waals surface area contributed by atoms with Gasteiger partial charge < -0.3 is 4.90 Å². The van der Waals surface area contributed by atoms with Crippen LogP contribution in [0.5, 0.6) is 0 Å². The van der Waals surface area contributed by atoms with Crippen LogP contribution in [0.1, 0.15) is 37.4 Å². The molecule has 1 aliphatic rings. The SMILES string of the molecule is CC(C)C(=O)N(C)CC(=O)N1N=C(c2ccc([N+](=O)[O-])cc2)C[C@@H]1c1cccc([N+](=O)[O-])c1. The molecule has 1 atom stereocenters. The smallest absolute Gasteiger partial charge is 0.269 e. The lowest BCUT2D eigenvalue weighted by molar-refractivity contribution is -0.385. The molecule has 3 rings (SSSR count). The zero-order valence-electron chi connectivity index (χ0n) is 18.4. The topological polar surface area (TPSA) is 139 Å². The number of hydrogen-bond donors (Lipinski definition) is 0. The number of carbonyl (C=O) groups is 2. The summed E-state index contributed by atoms with van der Waals surface area (Å²) >= 11 is 0. The summed E-state index contributed by atoms with van der Waals surface area (Å²) in [6.07, 6.45) is 0.257. The Morgan fingerprint density at radius 2 is 1.73 bits per heavy atom. The van der Waals surface area contributed by atoms with Crippen molar-refractivity contribution in [2.75, 3.05) is 13.6 Å². The van der Waals surface area contributed by atoms with Crippen molar-refractivity contribution in [1.29, 1.82) is 0 Å². The van der Waals surface area contributed by atoms with Crippen LogP contribution < -0.4 is 0 Å². The Hall–Kier alpha value is -4.15. The van der Waals surface area contributed by atoms with E-state index in [2.05, 4.69) is 5.10 Å². The highest BCUT2D eigenvalue weighted by atomic mass is 16.6. The van der Waals surface area contributed by atoms with E-state index in [4.69, 9.17) is 0 Å². The van der Waals surface area contributed by atoms with Crippen LogP contribution in [0.3, 0.4) is 0 Å². The zero-order chi connectivity index (χ0) is 24.3. The third-order valence-corrected chi connectivity index (χ3v) is 5.29. The normalized spacial score (nSPS) is 15.3. The molecule has 0 saturated heterocycles. The summed E-state index contributed by atoms with van der Waals surface area (Å²) in [6, 6.07) is 11.1. The number of amides is 2. The molecule has 2 amide bonds. The molecule has 0 saturated carbocycles. The van der Waals surface area contributed by atoms with Crippen molar-refractivity contribution >= 4 is 28.9 Å². The standard InChI is InChI=1S/C22H23N5O6/c1-14(2)22(29)24(3)13-21(28)25-20(16-5-4-6-18(11-16)27(32)33)12-19(23-25)15-7-9-17(10-8-15)26(30)31/h4-11,14,20H,12-13H2,1-3H3/t20-/m1/s1. The van der Waals surface area contributed by atoms with Gasteiger partial charge in [0, 0.05) is 43.7 Å². The van der Waals surface area contributed by atoms with Crippen molar-refractivity contribution in [3.63, 3.8) is 0 Å². The Bertz CT molecular complexity index is 1130. The molecule has 33 heavy (non-hydrogen) atoms. The average molecular weight is 453 g/mol. The van der Waals surface area contributed by atoms with Crippen molar-refractivity contribution in [3.05, 3.63) is 79.9 Å². The predicted molar refractivity (Wildman–Crippen MR) is 119 cm³/mol. The first kappa shape index (κ1) is 23.5. The molecule has 0 N–H and O–H groups in total. The zero-order valence-corrected chi connectivity index (χ0v) is 18.4. The Labute approximate surface area is 189 Å². The summed E-state index contributed by atoms with van der Waals surface area (Å²) in [7, 11) is 1.53. The first-order valence-electron chi connectivity index (χ1n) is 10.2. The fraction of sp³-hybridized carbons (Fsp3) is 0.318. The van der Waals surface area contributed by atoms with Crippen LogP contribution in [-0.4, -0.2) is 50.9 Å². The maximum atomic E-state index is 13.1. The van der Waals surface area contributed by atoms with Crippen LogP contribution >= 0.6 is 0 Å². The van der Waals surface area contributed by atoms with Crippen molar-refractivity contribution in [2.24, 2.45) is 11.0 Å². The van der Waals surface area contributed by atoms with Gasteiger partial charge in [-0.15, -0.1) is 0 Å². The van der Waals surface area contributed by atoms with Crippen molar-refractivity contribution in [2.45, 2.75) is 26.3 Å². The Morgan fingerprint density at radius 1 is 1.09 bits per heavy atom. The second kappa shape index (κ2) is 9.55. The summed E-state index contributed by atoms with van der Waals surface area (Å²) < 4.78 is 0. The van der Waals surface area contributed by atoms with Gasteiger partial charge in [0.1, 0.15) is 6.54 Å². The van der Waals surface area contributed by atoms with E-state index in [0.29, 0.717) is 16.8 Å². The predicted octanol–water partition coefficient (Wildman–Crippen LogP) is 3.30. The number of benzene rings is 2. The fourth-order valence-corrected chi connectivity index (χ4v) is 3.59. The molecule has 1 aliphatic heterocycles. The summed E-state index contributed by atoms with van der Waals surface area (Å²) in [6.45, 7) is 3.26. The minimum atomic E-state index is -0.620. The molecule has 0 aromatic heterocycles. The average Bonchev–Trinajstić information content (AvgIpc) is 3.24. The van der Waals surface area contributed by atoms with Gasteiger partial charge in [0.25, 0.3) is 17.3 Å². The van der Waals surface area contributed by atoms with Gasteiger partial charge in [-0.1, -0.05) is 26.0 Å². The van der Waals surface area contributed by atoms with Crippen LogP contribution in [0.2, 0.25) is 0 Å². The van der Waals surface area contributed by atoms with E-state index in [-0.39, 0.29) is 36.2 Å². The van der Waals surface area contributed by atoms with Gasteiger partial charge in [-0.2, -0.15) is 5.10 Å². The lowest BCUT2D eigenvalue weighted by Crippen LogP contribution is -2.40. The van der Waals surface area contributed by atoms with E-state index in [1.165, 1.54) is 47.3 Å². The third-order valence-electron chi connectivity index (χ3n) is 5.29. The van der Waals surface area contributed by atoms with E-state index in [1.54, 1.807) is 32.0 Å². The van der Waals surface area contributed by atoms with Gasteiger partial charge >= 0.3 is 0 Å². The second-order valence-electron chi connectivity index (χ2n) is 8.01. The minimum absolute atomic E-state index is 0.0747. The lowest BCUT2D eigenvalue weighted by Gasteiger charge is -2.25. The van der Waals surface area contributed by atoms with Gasteiger partial charge in [0.15, 0.2) is 0 Å². The quantitative estimate of drug-likeness (QED) is 0.465. The number of hydrazone groups is 1. The molecule has 1 heterocycles. The number of nitrogens with zero attached hydrogens (tertiary/aromatic N) is 5. The van der Waals surface area contributed by atoms with Crippen LogP contribution in [0.4, 0.5) is 11.4 Å². The monoisotopic (exact) mass is 453 g/mol. The number of rotatable bonds is 7. The van der Waals surface area contributed by atoms with Crippen molar-refractivity contribution in [3.8, 4) is 0 Å². The Balaban J connectivity index is 1.95. The number of nitro benzene ring substituents is 2. The molecule has 2 aromatic rings. The van der Waals surface area contributed by atoms with Gasteiger partial charge in [-0.3, -0.25) is 29.8 Å². The van der Waals surface area contributed by atoms with E-state index in [9.17, 15) is 29.8 Å². The van der Waals surface area contributed by atoms with Crippen LogP contribution in [-0.2, 0) is 9.59 Å². The van der Waals surface area contributed by atoms with Crippen molar-refractivity contribution in [1.82, 2.24) is 9.91 Å². The molecule has 0 bridgehead atoms. The van der Waals surface area contributed by atoms with E-state index < -0.39 is 21.8 Å². The molecule has 0 fully saturated rings. The highest BCUT2D eigenvalue weighted by Gasteiger charge is 2.34. The van der Waals surface area contributed by atoms with Gasteiger partial charge in [0.2, 0.25) is 5.91 Å². The molecule has 11 nitrogen and oxygen atoms in total. The van der Waals surface area contributed by atoms with Gasteiger partial charge in [-0.05, 0) is 23.3 Å².